The van der Waals surface area contributed by atoms with E-state index >= 15 is 0 Å². The van der Waals surface area contributed by atoms with Gasteiger partial charge in [-0.25, -0.2) is 0 Å². The van der Waals surface area contributed by atoms with Gasteiger partial charge in [0.05, 0.1) is 0 Å². The van der Waals surface area contributed by atoms with Crippen LogP contribution in [0.3, 0.4) is 0 Å². The highest BCUT2D eigenvalue weighted by Gasteiger charge is 2.03. The molecule has 2 aromatic rings. The number of Topliss-reactive ketones (excluding diaryl/α,β-unsaturated/α-hetero) is 1. The molecule has 23 heavy (non-hydrogen) atoms. The van der Waals surface area contributed by atoms with Crippen molar-refractivity contribution in [3.8, 4) is 16.9 Å². The number of carbonyl (C=O) groups excluding carboxylic acids is 1. The van der Waals surface area contributed by atoms with Crippen molar-refractivity contribution in [2.24, 2.45) is 0 Å². The number of allylic oxidation sites excluding steroid dienone is 2. The van der Waals surface area contributed by atoms with Gasteiger partial charge >= 0.3 is 0 Å². The van der Waals surface area contributed by atoms with Gasteiger partial charge in [-0.3, -0.25) is 4.79 Å². The predicted molar refractivity (Wildman–Crippen MR) is 93.8 cm³/mol. The van der Waals surface area contributed by atoms with Crippen LogP contribution in [0.4, 0.5) is 0 Å². The van der Waals surface area contributed by atoms with Crippen molar-refractivity contribution >= 4 is 5.78 Å². The van der Waals surface area contributed by atoms with Gasteiger partial charge in [-0.1, -0.05) is 54.6 Å². The van der Waals surface area contributed by atoms with Crippen molar-refractivity contribution < 1.29 is 9.53 Å². The van der Waals surface area contributed by atoms with Gasteiger partial charge in [0.1, 0.15) is 12.4 Å². The number of rotatable bonds is 5. The molecule has 0 saturated carbocycles. The molecular formula is C21H20O2. The maximum atomic E-state index is 11.3. The minimum Gasteiger partial charge on any atom is -0.489 e. The zero-order valence-corrected chi connectivity index (χ0v) is 13.3. The molecular weight excluding hydrogens is 284 g/mol. The van der Waals surface area contributed by atoms with Crippen LogP contribution >= 0.6 is 0 Å². The molecule has 0 N–H and O–H groups in total. The van der Waals surface area contributed by atoms with Crippen LogP contribution < -0.4 is 4.74 Å². The maximum absolute atomic E-state index is 11.3. The van der Waals surface area contributed by atoms with Crippen molar-refractivity contribution in [1.29, 1.82) is 0 Å². The van der Waals surface area contributed by atoms with Crippen LogP contribution in [0.1, 0.15) is 30.1 Å². The van der Waals surface area contributed by atoms with Gasteiger partial charge in [-0.05, 0) is 48.6 Å². The minimum absolute atomic E-state index is 0.0892. The fraction of sp³-hybridized carbons (Fsp3) is 0.190. The highest BCUT2D eigenvalue weighted by atomic mass is 16.5. The summed E-state index contributed by atoms with van der Waals surface area (Å²) in [7, 11) is 0. The third-order valence-electron chi connectivity index (χ3n) is 3.96. The van der Waals surface area contributed by atoms with Crippen molar-refractivity contribution in [2.75, 3.05) is 6.61 Å². The lowest BCUT2D eigenvalue weighted by Crippen LogP contribution is -2.01. The molecule has 116 valence electrons. The fourth-order valence-electron chi connectivity index (χ4n) is 2.58. The second-order valence-electron chi connectivity index (χ2n) is 5.71. The molecule has 0 bridgehead atoms. The summed E-state index contributed by atoms with van der Waals surface area (Å²) in [6.07, 6.45) is 8.77. The smallest absolute Gasteiger partial charge is 0.159 e. The van der Waals surface area contributed by atoms with Crippen LogP contribution in [-0.4, -0.2) is 12.4 Å². The van der Waals surface area contributed by atoms with E-state index in [4.69, 9.17) is 4.74 Å². The van der Waals surface area contributed by atoms with Gasteiger partial charge in [0, 0.05) is 5.56 Å². The van der Waals surface area contributed by atoms with Gasteiger partial charge in [0.15, 0.2) is 5.78 Å². The van der Waals surface area contributed by atoms with E-state index in [1.165, 1.54) is 5.57 Å². The Morgan fingerprint density at radius 2 is 1.61 bits per heavy atom. The van der Waals surface area contributed by atoms with Gasteiger partial charge in [-0.15, -0.1) is 0 Å². The lowest BCUT2D eigenvalue weighted by atomic mass is 10.0. The molecule has 1 aliphatic carbocycles. The summed E-state index contributed by atoms with van der Waals surface area (Å²) in [5.74, 6) is 0.959. The molecule has 0 amide bonds. The first-order valence-electron chi connectivity index (χ1n) is 7.92. The molecule has 0 heterocycles. The summed E-state index contributed by atoms with van der Waals surface area (Å²) in [4.78, 5) is 11.3. The van der Waals surface area contributed by atoms with E-state index in [9.17, 15) is 4.79 Å². The van der Waals surface area contributed by atoms with Crippen LogP contribution in [0.2, 0.25) is 0 Å². The van der Waals surface area contributed by atoms with E-state index in [0.29, 0.717) is 6.61 Å². The third-order valence-corrected chi connectivity index (χ3v) is 3.96. The zero-order chi connectivity index (χ0) is 16.1. The molecule has 0 aliphatic heterocycles. The van der Waals surface area contributed by atoms with Gasteiger partial charge in [0.25, 0.3) is 0 Å². The predicted octanol–water partition coefficient (Wildman–Crippen LogP) is 5.21. The Hall–Kier alpha value is -2.61. The maximum Gasteiger partial charge on any atom is 0.159 e. The van der Waals surface area contributed by atoms with Gasteiger partial charge < -0.3 is 4.74 Å². The second-order valence-corrected chi connectivity index (χ2v) is 5.71. The van der Waals surface area contributed by atoms with Crippen LogP contribution in [0, 0.1) is 0 Å². The van der Waals surface area contributed by atoms with Crippen LogP contribution in [-0.2, 0) is 0 Å². The van der Waals surface area contributed by atoms with E-state index in [2.05, 4.69) is 18.2 Å². The Morgan fingerprint density at radius 3 is 2.17 bits per heavy atom. The normalized spacial score (nSPS) is 13.5. The van der Waals surface area contributed by atoms with Crippen molar-refractivity contribution in [2.45, 2.75) is 19.8 Å². The second kappa shape index (κ2) is 7.10. The summed E-state index contributed by atoms with van der Waals surface area (Å²) in [6, 6.07) is 15.7. The molecule has 2 heteroatoms. The summed E-state index contributed by atoms with van der Waals surface area (Å²) >= 11 is 0. The van der Waals surface area contributed by atoms with E-state index < -0.39 is 0 Å². The standard InChI is InChI=1S/C21H20O2/c1-16(22)18-7-9-19(10-8-18)20-11-13-21(14-12-20)23-15-17-5-3-2-4-6-17/h3,5-14H,2,4,15H2,1H3. The Labute approximate surface area is 137 Å². The van der Waals surface area contributed by atoms with Gasteiger partial charge in [0.2, 0.25) is 0 Å². The van der Waals surface area contributed by atoms with E-state index in [1.54, 1.807) is 6.92 Å². The molecule has 0 spiro atoms. The molecule has 0 fully saturated rings. The first-order chi connectivity index (χ1) is 11.2. The monoisotopic (exact) mass is 304 g/mol. The molecule has 0 unspecified atom stereocenters. The Kier molecular flexibility index (Phi) is 4.72. The number of ketones is 1. The van der Waals surface area contributed by atoms with Crippen LogP contribution in [0.5, 0.6) is 5.75 Å². The number of ether oxygens (including phenoxy) is 1. The summed E-state index contributed by atoms with van der Waals surface area (Å²) in [5.41, 5.74) is 4.19. The minimum atomic E-state index is 0.0892. The van der Waals surface area contributed by atoms with Crippen molar-refractivity contribution in [3.63, 3.8) is 0 Å². The average molecular weight is 304 g/mol. The number of hydrogen-bond donors (Lipinski definition) is 0. The zero-order valence-electron chi connectivity index (χ0n) is 13.3. The van der Waals surface area contributed by atoms with Crippen molar-refractivity contribution in [3.05, 3.63) is 77.9 Å². The SMILES string of the molecule is CC(=O)c1ccc(-c2ccc(OCC3=CCCC=C3)cc2)cc1. The lowest BCUT2D eigenvalue weighted by molar-refractivity contribution is 0.101. The number of hydrogen-bond acceptors (Lipinski definition) is 2. The van der Waals surface area contributed by atoms with E-state index in [1.807, 2.05) is 48.5 Å². The largest absolute Gasteiger partial charge is 0.489 e. The number of carbonyl (C=O) groups is 1. The highest BCUT2D eigenvalue weighted by molar-refractivity contribution is 5.94. The summed E-state index contributed by atoms with van der Waals surface area (Å²) in [6.45, 7) is 2.20. The lowest BCUT2D eigenvalue weighted by Gasteiger charge is -2.10. The quantitative estimate of drug-likeness (QED) is 0.709. The fourth-order valence-corrected chi connectivity index (χ4v) is 2.58. The average Bonchev–Trinajstić information content (AvgIpc) is 2.61. The molecule has 0 aromatic heterocycles. The summed E-state index contributed by atoms with van der Waals surface area (Å²) in [5, 5.41) is 0. The molecule has 1 aliphatic rings. The Morgan fingerprint density at radius 1 is 0.957 bits per heavy atom. The van der Waals surface area contributed by atoms with Gasteiger partial charge in [-0.2, -0.15) is 0 Å². The third kappa shape index (κ3) is 3.98. The molecule has 0 radical (unpaired) electrons. The first kappa shape index (κ1) is 15.3. The van der Waals surface area contributed by atoms with Crippen molar-refractivity contribution in [1.82, 2.24) is 0 Å². The number of benzene rings is 2. The molecule has 0 atom stereocenters. The van der Waals surface area contributed by atoms with E-state index in [0.717, 1.165) is 35.3 Å². The summed E-state index contributed by atoms with van der Waals surface area (Å²) < 4.78 is 5.82. The Bertz CT molecular complexity index is 734. The molecule has 2 nitrogen and oxygen atoms in total. The first-order valence-corrected chi connectivity index (χ1v) is 7.92. The van der Waals surface area contributed by atoms with Crippen LogP contribution in [0.25, 0.3) is 11.1 Å². The Balaban J connectivity index is 1.65. The highest BCUT2D eigenvalue weighted by Crippen LogP contribution is 2.23. The topological polar surface area (TPSA) is 26.3 Å². The van der Waals surface area contributed by atoms with Crippen LogP contribution in [0.15, 0.2) is 72.3 Å². The molecule has 2 aromatic carbocycles. The molecule has 3 rings (SSSR count). The molecule has 0 saturated heterocycles. The van der Waals surface area contributed by atoms with E-state index in [-0.39, 0.29) is 5.78 Å².